The summed E-state index contributed by atoms with van der Waals surface area (Å²) in [5, 5.41) is 19.4. The van der Waals surface area contributed by atoms with Crippen molar-refractivity contribution in [3.05, 3.63) is 28.8 Å². The van der Waals surface area contributed by atoms with Gasteiger partial charge in [-0.3, -0.25) is 4.79 Å². The van der Waals surface area contributed by atoms with Crippen molar-refractivity contribution in [2.24, 2.45) is 0 Å². The van der Waals surface area contributed by atoms with Crippen LogP contribution in [0.4, 0.5) is 0 Å². The molecule has 0 unspecified atom stereocenters. The molecule has 1 aliphatic rings. The molecular weight excluding hydrogens is 204 g/mol. The molecule has 0 atom stereocenters. The van der Waals surface area contributed by atoms with Crippen molar-refractivity contribution in [2.75, 3.05) is 0 Å². The summed E-state index contributed by atoms with van der Waals surface area (Å²) < 4.78 is 0. The van der Waals surface area contributed by atoms with Gasteiger partial charge in [0.05, 0.1) is 5.41 Å². The molecule has 1 fully saturated rings. The third-order valence-corrected chi connectivity index (χ3v) is 3.83. The number of aryl methyl sites for hydroxylation is 1. The number of benzene rings is 1. The molecule has 0 radical (unpaired) electrons. The minimum atomic E-state index is -0.845. The van der Waals surface area contributed by atoms with Crippen molar-refractivity contribution in [3.63, 3.8) is 0 Å². The Morgan fingerprint density at radius 2 is 1.94 bits per heavy atom. The lowest BCUT2D eigenvalue weighted by atomic mass is 9.64. The molecule has 1 aliphatic carbocycles. The second-order valence-electron chi connectivity index (χ2n) is 4.64. The minimum absolute atomic E-state index is 0.155. The summed E-state index contributed by atoms with van der Waals surface area (Å²) in [6, 6.07) is 3.64. The number of carbonyl (C=O) groups is 1. The molecule has 0 amide bonds. The second-order valence-corrected chi connectivity index (χ2v) is 4.64. The molecule has 1 aromatic carbocycles. The van der Waals surface area contributed by atoms with E-state index in [1.54, 1.807) is 6.07 Å². The fraction of sp³-hybridized carbons (Fsp3) is 0.462. The Balaban J connectivity index is 2.56. The van der Waals surface area contributed by atoms with Gasteiger partial charge in [0.25, 0.3) is 0 Å². The lowest BCUT2D eigenvalue weighted by Gasteiger charge is -2.38. The summed E-state index contributed by atoms with van der Waals surface area (Å²) in [7, 11) is 0. The summed E-state index contributed by atoms with van der Waals surface area (Å²) >= 11 is 0. The third kappa shape index (κ3) is 1.31. The average Bonchev–Trinajstić information content (AvgIpc) is 2.16. The van der Waals surface area contributed by atoms with Crippen molar-refractivity contribution in [1.29, 1.82) is 0 Å². The van der Waals surface area contributed by atoms with Crippen LogP contribution in [0.1, 0.15) is 36.0 Å². The van der Waals surface area contributed by atoms with E-state index < -0.39 is 11.4 Å². The van der Waals surface area contributed by atoms with Crippen LogP contribution in [0.25, 0.3) is 0 Å². The molecule has 0 saturated heterocycles. The molecule has 1 saturated carbocycles. The average molecular weight is 220 g/mol. The summed E-state index contributed by atoms with van der Waals surface area (Å²) in [5.74, 6) is -0.667. The van der Waals surface area contributed by atoms with Crippen molar-refractivity contribution in [1.82, 2.24) is 0 Å². The largest absolute Gasteiger partial charge is 0.507 e. The van der Waals surface area contributed by atoms with E-state index in [1.807, 2.05) is 19.9 Å². The van der Waals surface area contributed by atoms with Crippen LogP contribution in [-0.4, -0.2) is 16.2 Å². The monoisotopic (exact) mass is 220 g/mol. The zero-order valence-corrected chi connectivity index (χ0v) is 9.58. The van der Waals surface area contributed by atoms with Crippen LogP contribution >= 0.6 is 0 Å². The Morgan fingerprint density at radius 3 is 2.38 bits per heavy atom. The lowest BCUT2D eigenvalue weighted by Crippen LogP contribution is -2.42. The molecule has 0 heterocycles. The van der Waals surface area contributed by atoms with Crippen LogP contribution in [-0.2, 0) is 10.2 Å². The van der Waals surface area contributed by atoms with Crippen molar-refractivity contribution < 1.29 is 15.0 Å². The van der Waals surface area contributed by atoms with Crippen LogP contribution in [0.3, 0.4) is 0 Å². The highest BCUT2D eigenvalue weighted by molar-refractivity contribution is 5.84. The van der Waals surface area contributed by atoms with Crippen molar-refractivity contribution in [3.8, 4) is 5.75 Å². The van der Waals surface area contributed by atoms with E-state index in [-0.39, 0.29) is 5.75 Å². The molecule has 3 heteroatoms. The van der Waals surface area contributed by atoms with E-state index in [9.17, 15) is 15.0 Å². The highest BCUT2D eigenvalue weighted by Crippen LogP contribution is 2.48. The van der Waals surface area contributed by atoms with Crippen LogP contribution in [0, 0.1) is 13.8 Å². The molecular formula is C13H16O3. The second kappa shape index (κ2) is 3.51. The molecule has 0 aromatic heterocycles. The smallest absolute Gasteiger partial charge is 0.314 e. The van der Waals surface area contributed by atoms with Crippen molar-refractivity contribution in [2.45, 2.75) is 38.5 Å². The van der Waals surface area contributed by atoms with E-state index in [4.69, 9.17) is 0 Å². The fourth-order valence-electron chi connectivity index (χ4n) is 2.32. The van der Waals surface area contributed by atoms with Gasteiger partial charge in [-0.05, 0) is 37.8 Å². The SMILES string of the molecule is Cc1ccc(C2(C(=O)O)CCC2)c(O)c1C. The summed E-state index contributed by atoms with van der Waals surface area (Å²) in [4.78, 5) is 11.3. The maximum Gasteiger partial charge on any atom is 0.314 e. The highest BCUT2D eigenvalue weighted by atomic mass is 16.4. The molecule has 0 aliphatic heterocycles. The summed E-state index contributed by atoms with van der Waals surface area (Å²) in [5.41, 5.74) is 1.50. The Bertz CT molecular complexity index is 445. The zero-order chi connectivity index (χ0) is 11.9. The van der Waals surface area contributed by atoms with Gasteiger partial charge < -0.3 is 10.2 Å². The summed E-state index contributed by atoms with van der Waals surface area (Å²) in [6.07, 6.45) is 2.16. The highest BCUT2D eigenvalue weighted by Gasteiger charge is 2.47. The number of phenolic OH excluding ortho intramolecular Hbond substituents is 1. The molecule has 0 bridgehead atoms. The van der Waals surface area contributed by atoms with Gasteiger partial charge >= 0.3 is 5.97 Å². The molecule has 2 rings (SSSR count). The normalized spacial score (nSPS) is 17.9. The number of rotatable bonds is 2. The van der Waals surface area contributed by atoms with Gasteiger partial charge in [0.1, 0.15) is 5.75 Å². The van der Waals surface area contributed by atoms with E-state index in [2.05, 4.69) is 0 Å². The maximum atomic E-state index is 11.3. The standard InChI is InChI=1S/C13H16O3/c1-8-4-5-10(11(14)9(8)2)13(12(15)16)6-3-7-13/h4-5,14H,3,6-7H2,1-2H3,(H,15,16). The Morgan fingerprint density at radius 1 is 1.31 bits per heavy atom. The van der Waals surface area contributed by atoms with Crippen molar-refractivity contribution >= 4 is 5.97 Å². The van der Waals surface area contributed by atoms with Gasteiger partial charge in [-0.25, -0.2) is 0 Å². The number of aliphatic carboxylic acids is 1. The van der Waals surface area contributed by atoms with E-state index in [1.165, 1.54) is 0 Å². The van der Waals surface area contributed by atoms with Crippen LogP contribution < -0.4 is 0 Å². The number of hydrogen-bond donors (Lipinski definition) is 2. The predicted octanol–water partition coefficient (Wildman–Crippen LogP) is 2.52. The lowest BCUT2D eigenvalue weighted by molar-refractivity contribution is -0.147. The first-order chi connectivity index (χ1) is 7.49. The molecule has 1 aromatic rings. The number of carboxylic acids is 1. The van der Waals surface area contributed by atoms with Gasteiger partial charge in [-0.15, -0.1) is 0 Å². The topological polar surface area (TPSA) is 57.5 Å². The Kier molecular flexibility index (Phi) is 2.41. The molecule has 0 spiro atoms. The quantitative estimate of drug-likeness (QED) is 0.805. The summed E-state index contributed by atoms with van der Waals surface area (Å²) in [6.45, 7) is 3.73. The molecule has 16 heavy (non-hydrogen) atoms. The zero-order valence-electron chi connectivity index (χ0n) is 9.58. The van der Waals surface area contributed by atoms with E-state index in [0.29, 0.717) is 18.4 Å². The number of carboxylic acid groups (broad SMARTS) is 1. The van der Waals surface area contributed by atoms with E-state index >= 15 is 0 Å². The Labute approximate surface area is 94.7 Å². The predicted molar refractivity (Wildman–Crippen MR) is 60.7 cm³/mol. The number of aromatic hydroxyl groups is 1. The Hall–Kier alpha value is -1.51. The van der Waals surface area contributed by atoms with Gasteiger partial charge in [0.15, 0.2) is 0 Å². The van der Waals surface area contributed by atoms with Gasteiger partial charge in [0.2, 0.25) is 0 Å². The first-order valence-corrected chi connectivity index (χ1v) is 5.52. The van der Waals surface area contributed by atoms with Gasteiger partial charge in [0, 0.05) is 5.56 Å². The maximum absolute atomic E-state index is 11.3. The number of hydrogen-bond acceptors (Lipinski definition) is 2. The van der Waals surface area contributed by atoms with Gasteiger partial charge in [-0.2, -0.15) is 0 Å². The molecule has 2 N–H and O–H groups in total. The first-order valence-electron chi connectivity index (χ1n) is 5.52. The van der Waals surface area contributed by atoms with E-state index in [0.717, 1.165) is 17.5 Å². The molecule has 86 valence electrons. The van der Waals surface area contributed by atoms with Gasteiger partial charge in [-0.1, -0.05) is 18.6 Å². The minimum Gasteiger partial charge on any atom is -0.507 e. The van der Waals surface area contributed by atoms with Crippen LogP contribution in [0.15, 0.2) is 12.1 Å². The molecule has 3 nitrogen and oxygen atoms in total. The van der Waals surface area contributed by atoms with Crippen LogP contribution in [0.5, 0.6) is 5.75 Å². The van der Waals surface area contributed by atoms with Crippen LogP contribution in [0.2, 0.25) is 0 Å². The fourth-order valence-corrected chi connectivity index (χ4v) is 2.32. The third-order valence-electron chi connectivity index (χ3n) is 3.83. The first kappa shape index (κ1) is 11.0. The number of phenols is 1.